The van der Waals surface area contributed by atoms with E-state index in [0.29, 0.717) is 12.3 Å². The third-order valence-electron chi connectivity index (χ3n) is 5.44. The minimum Gasteiger partial charge on any atom is -0.348 e. The van der Waals surface area contributed by atoms with Crippen LogP contribution in [0.5, 0.6) is 0 Å². The molecule has 158 valence electrons. The van der Waals surface area contributed by atoms with Gasteiger partial charge in [0, 0.05) is 24.9 Å². The van der Waals surface area contributed by atoms with Crippen LogP contribution in [0.15, 0.2) is 46.7 Å². The number of nitrogens with zero attached hydrogens (tertiary/aromatic N) is 1. The third kappa shape index (κ3) is 5.65. The van der Waals surface area contributed by atoms with Crippen molar-refractivity contribution in [3.63, 3.8) is 0 Å². The lowest BCUT2D eigenvalue weighted by Crippen LogP contribution is -2.33. The van der Waals surface area contributed by atoms with Crippen molar-refractivity contribution in [2.24, 2.45) is 5.92 Å². The van der Waals surface area contributed by atoms with Gasteiger partial charge in [-0.05, 0) is 60.9 Å². The topological polar surface area (TPSA) is 66.5 Å². The molecule has 5 nitrogen and oxygen atoms in total. The van der Waals surface area contributed by atoms with Crippen molar-refractivity contribution in [2.45, 2.75) is 49.5 Å². The average Bonchev–Trinajstić information content (AvgIpc) is 3.40. The molecule has 1 N–H and O–H groups in total. The van der Waals surface area contributed by atoms with Gasteiger partial charge in [0.05, 0.1) is 10.9 Å². The number of hydrogen-bond acceptors (Lipinski definition) is 4. The van der Waals surface area contributed by atoms with Crippen LogP contribution in [0.4, 0.5) is 4.39 Å². The number of halogens is 1. The Kier molecular flexibility index (Phi) is 7.43. The number of sulfonamides is 1. The molecule has 1 saturated carbocycles. The molecule has 2 aromatic rings. The van der Waals surface area contributed by atoms with Crippen LogP contribution >= 0.6 is 11.3 Å². The van der Waals surface area contributed by atoms with Gasteiger partial charge in [-0.15, -0.1) is 11.3 Å². The van der Waals surface area contributed by atoms with Gasteiger partial charge in [-0.1, -0.05) is 18.9 Å². The van der Waals surface area contributed by atoms with Crippen LogP contribution in [0.25, 0.3) is 0 Å². The zero-order chi connectivity index (χ0) is 20.9. The Morgan fingerprint density at radius 3 is 2.55 bits per heavy atom. The number of amides is 1. The molecule has 1 aliphatic carbocycles. The lowest BCUT2D eigenvalue weighted by molar-refractivity contribution is -0.122. The van der Waals surface area contributed by atoms with Crippen molar-refractivity contribution in [3.8, 4) is 0 Å². The first-order chi connectivity index (χ1) is 13.9. The highest BCUT2D eigenvalue weighted by Gasteiger charge is 2.28. The molecular formula is C21H27FN2O3S2. The predicted molar refractivity (Wildman–Crippen MR) is 113 cm³/mol. The molecule has 1 heterocycles. The summed E-state index contributed by atoms with van der Waals surface area (Å²) in [5.41, 5.74) is 0. The van der Waals surface area contributed by atoms with Crippen LogP contribution in [0.1, 0.15) is 49.4 Å². The summed E-state index contributed by atoms with van der Waals surface area (Å²) in [6.45, 7) is 0.222. The van der Waals surface area contributed by atoms with E-state index >= 15 is 0 Å². The maximum Gasteiger partial charge on any atom is 0.242 e. The number of nitrogens with one attached hydrogen (secondary N) is 1. The first-order valence-corrected chi connectivity index (χ1v) is 12.2. The molecule has 1 atom stereocenters. The zero-order valence-corrected chi connectivity index (χ0v) is 18.1. The second-order valence-corrected chi connectivity index (χ2v) is 10.5. The smallest absolute Gasteiger partial charge is 0.242 e. The van der Waals surface area contributed by atoms with Crippen molar-refractivity contribution in [3.05, 3.63) is 52.5 Å². The largest absolute Gasteiger partial charge is 0.348 e. The second-order valence-electron chi connectivity index (χ2n) is 7.49. The van der Waals surface area contributed by atoms with Crippen molar-refractivity contribution in [1.82, 2.24) is 9.62 Å². The van der Waals surface area contributed by atoms with Crippen LogP contribution in [-0.2, 0) is 14.8 Å². The summed E-state index contributed by atoms with van der Waals surface area (Å²) in [4.78, 5) is 13.8. The van der Waals surface area contributed by atoms with Gasteiger partial charge in [-0.3, -0.25) is 4.79 Å². The summed E-state index contributed by atoms with van der Waals surface area (Å²) >= 11 is 1.66. The van der Waals surface area contributed by atoms with E-state index in [1.165, 1.54) is 41.2 Å². The normalized spacial score (nSPS) is 16.2. The predicted octanol–water partition coefficient (Wildman–Crippen LogP) is 4.34. The van der Waals surface area contributed by atoms with Gasteiger partial charge in [-0.2, -0.15) is 0 Å². The minimum absolute atomic E-state index is 0.0462. The maximum absolute atomic E-state index is 13.0. The fourth-order valence-electron chi connectivity index (χ4n) is 3.79. The van der Waals surface area contributed by atoms with Crippen molar-refractivity contribution < 1.29 is 17.6 Å². The number of rotatable bonds is 9. The van der Waals surface area contributed by atoms with E-state index < -0.39 is 15.8 Å². The fourth-order valence-corrected chi connectivity index (χ4v) is 5.87. The Bertz CT molecular complexity index is 893. The van der Waals surface area contributed by atoms with Gasteiger partial charge in [0.2, 0.25) is 15.9 Å². The Balaban J connectivity index is 1.52. The molecule has 1 fully saturated rings. The van der Waals surface area contributed by atoms with Crippen LogP contribution in [-0.4, -0.2) is 32.2 Å². The summed E-state index contributed by atoms with van der Waals surface area (Å²) in [6.07, 6.45) is 5.34. The zero-order valence-electron chi connectivity index (χ0n) is 16.5. The van der Waals surface area contributed by atoms with Crippen LogP contribution in [0.2, 0.25) is 0 Å². The number of hydrogen-bond donors (Lipinski definition) is 1. The van der Waals surface area contributed by atoms with Crippen LogP contribution in [0.3, 0.4) is 0 Å². The molecule has 1 unspecified atom stereocenters. The van der Waals surface area contributed by atoms with Gasteiger partial charge in [0.25, 0.3) is 0 Å². The Morgan fingerprint density at radius 2 is 1.93 bits per heavy atom. The number of carbonyl (C=O) groups excluding carboxylic acids is 1. The standard InChI is InChI=1S/C21H27FN2O3S2/c1-24(29(26,27)18-12-10-17(22)11-13-18)14-4-9-20(25)23-21(16-6-2-3-7-16)19-8-5-15-28-19/h5,8,10-13,15-16,21H,2-4,6-7,9,14H2,1H3,(H,23,25). The van der Waals surface area contributed by atoms with Gasteiger partial charge in [0.1, 0.15) is 5.82 Å². The van der Waals surface area contributed by atoms with Crippen LogP contribution in [0, 0.1) is 11.7 Å². The van der Waals surface area contributed by atoms with Crippen LogP contribution < -0.4 is 5.32 Å². The molecular weight excluding hydrogens is 411 g/mol. The Morgan fingerprint density at radius 1 is 1.24 bits per heavy atom. The lowest BCUT2D eigenvalue weighted by atomic mass is 9.96. The molecule has 1 aliphatic rings. The summed E-state index contributed by atoms with van der Waals surface area (Å²) in [7, 11) is -2.21. The molecule has 1 aromatic heterocycles. The third-order valence-corrected chi connectivity index (χ3v) is 8.26. The molecule has 1 aromatic carbocycles. The van der Waals surface area contributed by atoms with Gasteiger partial charge < -0.3 is 5.32 Å². The van der Waals surface area contributed by atoms with E-state index in [-0.39, 0.29) is 29.8 Å². The van der Waals surface area contributed by atoms with Gasteiger partial charge >= 0.3 is 0 Å². The van der Waals surface area contributed by atoms with Crippen molar-refractivity contribution in [1.29, 1.82) is 0 Å². The molecule has 0 saturated heterocycles. The minimum atomic E-state index is -3.69. The molecule has 1 amide bonds. The van der Waals surface area contributed by atoms with E-state index in [1.54, 1.807) is 11.3 Å². The molecule has 8 heteroatoms. The second kappa shape index (κ2) is 9.82. The van der Waals surface area contributed by atoms with E-state index in [1.807, 2.05) is 11.4 Å². The van der Waals surface area contributed by atoms with Gasteiger partial charge in [0.15, 0.2) is 0 Å². The molecule has 0 radical (unpaired) electrons. The maximum atomic E-state index is 13.0. The Hall–Kier alpha value is -1.77. The first-order valence-electron chi connectivity index (χ1n) is 9.92. The quantitative estimate of drug-likeness (QED) is 0.633. The van der Waals surface area contributed by atoms with Crippen molar-refractivity contribution in [2.75, 3.05) is 13.6 Å². The highest BCUT2D eigenvalue weighted by molar-refractivity contribution is 7.89. The van der Waals surface area contributed by atoms with E-state index in [9.17, 15) is 17.6 Å². The van der Waals surface area contributed by atoms with Crippen molar-refractivity contribution >= 4 is 27.3 Å². The summed E-state index contributed by atoms with van der Waals surface area (Å²) in [5, 5.41) is 5.20. The highest BCUT2D eigenvalue weighted by atomic mass is 32.2. The summed E-state index contributed by atoms with van der Waals surface area (Å²) in [6, 6.07) is 8.87. The summed E-state index contributed by atoms with van der Waals surface area (Å²) in [5.74, 6) is -0.0622. The van der Waals surface area contributed by atoms with E-state index in [2.05, 4.69) is 11.4 Å². The van der Waals surface area contributed by atoms with Gasteiger partial charge in [-0.25, -0.2) is 17.1 Å². The lowest BCUT2D eigenvalue weighted by Gasteiger charge is -2.24. The fraction of sp³-hybridized carbons (Fsp3) is 0.476. The van der Waals surface area contributed by atoms with E-state index in [4.69, 9.17) is 0 Å². The Labute approximate surface area is 176 Å². The number of carbonyl (C=O) groups is 1. The molecule has 0 spiro atoms. The molecule has 0 aliphatic heterocycles. The molecule has 0 bridgehead atoms. The number of thiophene rings is 1. The number of benzene rings is 1. The average molecular weight is 439 g/mol. The SMILES string of the molecule is CN(CCCC(=O)NC(c1cccs1)C1CCCC1)S(=O)(=O)c1ccc(F)cc1. The van der Waals surface area contributed by atoms with E-state index in [0.717, 1.165) is 25.0 Å². The summed E-state index contributed by atoms with van der Waals surface area (Å²) < 4.78 is 39.3. The highest BCUT2D eigenvalue weighted by Crippen LogP contribution is 2.37. The monoisotopic (exact) mass is 438 g/mol. The molecule has 3 rings (SSSR count). The molecule has 29 heavy (non-hydrogen) atoms. The first kappa shape index (κ1) is 21.9.